The molecule has 0 radical (unpaired) electrons. The van der Waals surface area contributed by atoms with Crippen LogP contribution in [0.3, 0.4) is 0 Å². The molecular weight excluding hydrogens is 296 g/mol. The minimum atomic E-state index is -0.444. The molecule has 0 spiro atoms. The van der Waals surface area contributed by atoms with Crippen molar-refractivity contribution in [3.8, 4) is 0 Å². The van der Waals surface area contributed by atoms with Crippen molar-refractivity contribution < 1.29 is 5.11 Å². The van der Waals surface area contributed by atoms with E-state index in [0.29, 0.717) is 5.92 Å². The lowest BCUT2D eigenvalue weighted by molar-refractivity contribution is 0.115. The molecule has 0 bridgehead atoms. The first-order valence-corrected chi connectivity index (χ1v) is 9.64. The Morgan fingerprint density at radius 3 is 2.58 bits per heavy atom. The van der Waals surface area contributed by atoms with Gasteiger partial charge in [0.25, 0.3) is 0 Å². The smallest absolute Gasteiger partial charge is 0.0950 e. The molecule has 24 heavy (non-hydrogen) atoms. The van der Waals surface area contributed by atoms with Gasteiger partial charge in [-0.05, 0) is 49.9 Å². The lowest BCUT2D eigenvalue weighted by Crippen LogP contribution is -2.38. The van der Waals surface area contributed by atoms with Gasteiger partial charge < -0.3 is 10.4 Å². The summed E-state index contributed by atoms with van der Waals surface area (Å²) in [6, 6.07) is 10.7. The van der Waals surface area contributed by atoms with Crippen LogP contribution < -0.4 is 5.32 Å². The van der Waals surface area contributed by atoms with Gasteiger partial charge in [-0.3, -0.25) is 4.98 Å². The second kappa shape index (κ2) is 7.20. The molecule has 2 N–H and O–H groups in total. The van der Waals surface area contributed by atoms with Crippen molar-refractivity contribution in [1.82, 2.24) is 10.3 Å². The Balaban J connectivity index is 1.73. The number of nitrogens with one attached hydrogen (secondary N) is 1. The molecule has 0 amide bonds. The van der Waals surface area contributed by atoms with Gasteiger partial charge in [-0.1, -0.05) is 43.9 Å². The zero-order valence-electron chi connectivity index (χ0n) is 14.4. The molecule has 1 aliphatic carbocycles. The molecule has 1 saturated heterocycles. The zero-order chi connectivity index (χ0) is 16.4. The molecule has 3 nitrogen and oxygen atoms in total. The largest absolute Gasteiger partial charge is 0.387 e. The summed E-state index contributed by atoms with van der Waals surface area (Å²) < 4.78 is 0. The third-order valence-electron chi connectivity index (χ3n) is 5.84. The van der Waals surface area contributed by atoms with Crippen molar-refractivity contribution in [3.63, 3.8) is 0 Å². The van der Waals surface area contributed by atoms with E-state index in [1.165, 1.54) is 50.6 Å². The standard InChI is InChI=1S/C21H28N2O/c24-21(19-12-6-7-13-22-19)17-14-20(15-8-2-1-3-9-15)23-18-11-5-4-10-16(17)18/h4-5,10-11,14-15,19,21-22,24H,1-3,6-9,12-13H2/t19-,21+/m1/s1. The predicted molar refractivity (Wildman–Crippen MR) is 98.2 cm³/mol. The van der Waals surface area contributed by atoms with Crippen molar-refractivity contribution in [2.75, 3.05) is 6.54 Å². The average molecular weight is 324 g/mol. The number of benzene rings is 1. The van der Waals surface area contributed by atoms with E-state index in [1.54, 1.807) is 0 Å². The molecule has 128 valence electrons. The fraction of sp³-hybridized carbons (Fsp3) is 0.571. The van der Waals surface area contributed by atoms with Crippen LogP contribution in [-0.2, 0) is 0 Å². The Labute approximate surface area is 144 Å². The molecule has 1 aromatic carbocycles. The molecule has 1 saturated carbocycles. The van der Waals surface area contributed by atoms with Crippen LogP contribution in [0.25, 0.3) is 10.9 Å². The number of para-hydroxylation sites is 1. The maximum absolute atomic E-state index is 11.1. The summed E-state index contributed by atoms with van der Waals surface area (Å²) in [5.41, 5.74) is 3.30. The Hall–Kier alpha value is -1.45. The Kier molecular flexibility index (Phi) is 4.81. The summed E-state index contributed by atoms with van der Waals surface area (Å²) in [6.07, 6.45) is 9.47. The molecule has 2 aromatic rings. The number of nitrogens with zero attached hydrogens (tertiary/aromatic N) is 1. The summed E-state index contributed by atoms with van der Waals surface area (Å²) in [6.45, 7) is 1.01. The zero-order valence-corrected chi connectivity index (χ0v) is 14.4. The number of aliphatic hydroxyl groups excluding tert-OH is 1. The van der Waals surface area contributed by atoms with Gasteiger partial charge in [-0.25, -0.2) is 0 Å². The third kappa shape index (κ3) is 3.20. The number of hydrogen-bond donors (Lipinski definition) is 2. The fourth-order valence-electron chi connectivity index (χ4n) is 4.44. The number of rotatable bonds is 3. The molecule has 1 aromatic heterocycles. The topological polar surface area (TPSA) is 45.2 Å². The van der Waals surface area contributed by atoms with Gasteiger partial charge in [0.15, 0.2) is 0 Å². The van der Waals surface area contributed by atoms with E-state index in [0.717, 1.165) is 29.4 Å². The first-order valence-electron chi connectivity index (χ1n) is 9.64. The van der Waals surface area contributed by atoms with Crippen molar-refractivity contribution in [1.29, 1.82) is 0 Å². The summed E-state index contributed by atoms with van der Waals surface area (Å²) >= 11 is 0. The molecular formula is C21H28N2O. The summed E-state index contributed by atoms with van der Waals surface area (Å²) in [5, 5.41) is 15.7. The van der Waals surface area contributed by atoms with Crippen LogP contribution in [0.1, 0.15) is 74.6 Å². The van der Waals surface area contributed by atoms with Crippen LogP contribution in [0.2, 0.25) is 0 Å². The molecule has 4 rings (SSSR count). The second-order valence-electron chi connectivity index (χ2n) is 7.49. The number of aromatic nitrogens is 1. The minimum Gasteiger partial charge on any atom is -0.387 e. The van der Waals surface area contributed by atoms with Crippen LogP contribution in [0, 0.1) is 0 Å². The highest BCUT2D eigenvalue weighted by atomic mass is 16.3. The number of piperidine rings is 1. The molecule has 2 aliphatic rings. The van der Waals surface area contributed by atoms with Crippen LogP contribution in [0.15, 0.2) is 30.3 Å². The SMILES string of the molecule is O[C@@H](c1cc(C2CCCCC2)nc2ccccc12)[C@H]1CCCCN1. The van der Waals surface area contributed by atoms with Crippen molar-refractivity contribution in [2.45, 2.75) is 69.4 Å². The van der Waals surface area contributed by atoms with Crippen LogP contribution in [0.4, 0.5) is 0 Å². The average Bonchev–Trinajstić information content (AvgIpc) is 2.68. The molecule has 2 heterocycles. The highest BCUT2D eigenvalue weighted by Crippen LogP contribution is 2.36. The maximum Gasteiger partial charge on any atom is 0.0950 e. The van der Waals surface area contributed by atoms with E-state index in [4.69, 9.17) is 4.98 Å². The Bertz CT molecular complexity index is 687. The lowest BCUT2D eigenvalue weighted by atomic mass is 9.84. The lowest BCUT2D eigenvalue weighted by Gasteiger charge is -2.30. The van der Waals surface area contributed by atoms with E-state index in [-0.39, 0.29) is 6.04 Å². The van der Waals surface area contributed by atoms with Crippen LogP contribution in [0.5, 0.6) is 0 Å². The summed E-state index contributed by atoms with van der Waals surface area (Å²) in [5.74, 6) is 0.564. The molecule has 0 unspecified atom stereocenters. The molecule has 2 fully saturated rings. The van der Waals surface area contributed by atoms with Gasteiger partial charge in [0.2, 0.25) is 0 Å². The third-order valence-corrected chi connectivity index (χ3v) is 5.84. The van der Waals surface area contributed by atoms with Crippen molar-refractivity contribution >= 4 is 10.9 Å². The summed E-state index contributed by atoms with van der Waals surface area (Å²) in [7, 11) is 0. The van der Waals surface area contributed by atoms with Crippen LogP contribution in [-0.4, -0.2) is 22.7 Å². The maximum atomic E-state index is 11.1. The summed E-state index contributed by atoms with van der Waals surface area (Å²) in [4.78, 5) is 4.96. The number of aliphatic hydroxyl groups is 1. The number of hydrogen-bond acceptors (Lipinski definition) is 3. The van der Waals surface area contributed by atoms with Gasteiger partial charge in [0.05, 0.1) is 11.6 Å². The van der Waals surface area contributed by atoms with E-state index < -0.39 is 6.10 Å². The normalized spacial score (nSPS) is 24.1. The van der Waals surface area contributed by atoms with E-state index in [2.05, 4.69) is 35.6 Å². The molecule has 1 aliphatic heterocycles. The van der Waals surface area contributed by atoms with Gasteiger partial charge >= 0.3 is 0 Å². The molecule has 2 atom stereocenters. The van der Waals surface area contributed by atoms with Gasteiger partial charge in [0, 0.05) is 23.0 Å². The van der Waals surface area contributed by atoms with Gasteiger partial charge in [0.1, 0.15) is 0 Å². The Morgan fingerprint density at radius 1 is 1.00 bits per heavy atom. The van der Waals surface area contributed by atoms with E-state index in [9.17, 15) is 5.11 Å². The van der Waals surface area contributed by atoms with E-state index in [1.807, 2.05) is 0 Å². The molecule has 3 heteroatoms. The van der Waals surface area contributed by atoms with Crippen molar-refractivity contribution in [3.05, 3.63) is 41.6 Å². The highest BCUT2D eigenvalue weighted by molar-refractivity contribution is 5.83. The van der Waals surface area contributed by atoms with E-state index >= 15 is 0 Å². The predicted octanol–water partition coefficient (Wildman–Crippen LogP) is 4.46. The first kappa shape index (κ1) is 16.0. The first-order chi connectivity index (χ1) is 11.8. The number of pyridine rings is 1. The monoisotopic (exact) mass is 324 g/mol. The number of fused-ring (bicyclic) bond motifs is 1. The van der Waals surface area contributed by atoms with Gasteiger partial charge in [-0.2, -0.15) is 0 Å². The quantitative estimate of drug-likeness (QED) is 0.876. The minimum absolute atomic E-state index is 0.170. The second-order valence-corrected chi connectivity index (χ2v) is 7.49. The Morgan fingerprint density at radius 2 is 1.79 bits per heavy atom. The van der Waals surface area contributed by atoms with Gasteiger partial charge in [-0.15, -0.1) is 0 Å². The fourth-order valence-corrected chi connectivity index (χ4v) is 4.44. The van der Waals surface area contributed by atoms with Crippen molar-refractivity contribution in [2.24, 2.45) is 0 Å². The highest BCUT2D eigenvalue weighted by Gasteiger charge is 2.26. The van der Waals surface area contributed by atoms with Crippen LogP contribution >= 0.6 is 0 Å².